The van der Waals surface area contributed by atoms with Gasteiger partial charge in [0.1, 0.15) is 13.2 Å². The topological polar surface area (TPSA) is 78.9 Å². The molecule has 0 unspecified atom stereocenters. The van der Waals surface area contributed by atoms with Crippen LogP contribution >= 0.6 is 0 Å². The quantitative estimate of drug-likeness (QED) is 0.0262. The summed E-state index contributed by atoms with van der Waals surface area (Å²) in [6.45, 7) is 6.54. The van der Waals surface area contributed by atoms with Crippen molar-refractivity contribution in [3.05, 3.63) is 72.9 Å². The molecule has 0 bridgehead atoms. The summed E-state index contributed by atoms with van der Waals surface area (Å²) in [6, 6.07) is 0. The largest absolute Gasteiger partial charge is 0.462 e. The average molecular weight is 907 g/mol. The van der Waals surface area contributed by atoms with E-state index in [0.29, 0.717) is 19.3 Å². The lowest BCUT2D eigenvalue weighted by atomic mass is 10.1. The average Bonchev–Trinajstić information content (AvgIpc) is 3.30. The molecule has 0 aliphatic heterocycles. The predicted molar refractivity (Wildman–Crippen MR) is 279 cm³/mol. The Bertz CT molecular complexity index is 1230. The maximum absolute atomic E-state index is 12.8. The van der Waals surface area contributed by atoms with Crippen LogP contribution in [0.4, 0.5) is 0 Å². The van der Waals surface area contributed by atoms with Gasteiger partial charge in [0, 0.05) is 19.3 Å². The van der Waals surface area contributed by atoms with Crippen molar-refractivity contribution in [3.8, 4) is 0 Å². The fraction of sp³-hybridized carbons (Fsp3) is 0.746. The third kappa shape index (κ3) is 51.7. The van der Waals surface area contributed by atoms with Crippen LogP contribution in [0.1, 0.15) is 265 Å². The molecule has 0 heterocycles. The van der Waals surface area contributed by atoms with Crippen molar-refractivity contribution in [2.75, 3.05) is 13.2 Å². The van der Waals surface area contributed by atoms with Crippen molar-refractivity contribution in [1.29, 1.82) is 0 Å². The zero-order valence-corrected chi connectivity index (χ0v) is 42.7. The molecule has 6 nitrogen and oxygen atoms in total. The Morgan fingerprint density at radius 2 is 0.569 bits per heavy atom. The third-order valence-corrected chi connectivity index (χ3v) is 11.7. The molecular formula is C59H102O6. The first-order valence-corrected chi connectivity index (χ1v) is 27.4. The maximum Gasteiger partial charge on any atom is 0.306 e. The van der Waals surface area contributed by atoms with E-state index in [9.17, 15) is 14.4 Å². The lowest BCUT2D eigenvalue weighted by molar-refractivity contribution is -0.167. The lowest BCUT2D eigenvalue weighted by Crippen LogP contribution is -2.30. The van der Waals surface area contributed by atoms with Crippen LogP contribution in [0.5, 0.6) is 0 Å². The van der Waals surface area contributed by atoms with E-state index in [2.05, 4.69) is 93.7 Å². The van der Waals surface area contributed by atoms with Gasteiger partial charge in [0.2, 0.25) is 0 Å². The van der Waals surface area contributed by atoms with Crippen LogP contribution in [0.2, 0.25) is 0 Å². The SMILES string of the molecule is CCCCC/C=C\C/C=C\CCCCCCCCCC(=O)OC[C@H](COC(=O)CCCCCCC/C=C\CCCCCC)OC(=O)CCC/C=C\C/C=C\C/C=C\CCCCCCCC. The molecule has 0 saturated heterocycles. The highest BCUT2D eigenvalue weighted by Gasteiger charge is 2.19. The molecule has 0 N–H and O–H groups in total. The second kappa shape index (κ2) is 53.5. The van der Waals surface area contributed by atoms with Gasteiger partial charge in [-0.1, -0.05) is 209 Å². The molecule has 0 radical (unpaired) electrons. The van der Waals surface area contributed by atoms with Crippen LogP contribution in [-0.4, -0.2) is 37.2 Å². The maximum atomic E-state index is 12.8. The van der Waals surface area contributed by atoms with Crippen molar-refractivity contribution in [2.24, 2.45) is 0 Å². The van der Waals surface area contributed by atoms with E-state index in [0.717, 1.165) is 77.0 Å². The summed E-state index contributed by atoms with van der Waals surface area (Å²) in [7, 11) is 0. The number of unbranched alkanes of at least 4 members (excludes halogenated alkanes) is 26. The van der Waals surface area contributed by atoms with Crippen molar-refractivity contribution in [1.82, 2.24) is 0 Å². The van der Waals surface area contributed by atoms with E-state index >= 15 is 0 Å². The van der Waals surface area contributed by atoms with Crippen LogP contribution in [0.15, 0.2) is 72.9 Å². The number of ether oxygens (including phenoxy) is 3. The van der Waals surface area contributed by atoms with Gasteiger partial charge in [-0.25, -0.2) is 0 Å². The van der Waals surface area contributed by atoms with Gasteiger partial charge in [-0.2, -0.15) is 0 Å². The molecule has 0 aliphatic rings. The minimum absolute atomic E-state index is 0.102. The Labute approximate surface area is 402 Å². The molecule has 65 heavy (non-hydrogen) atoms. The van der Waals surface area contributed by atoms with E-state index in [1.165, 1.54) is 141 Å². The highest BCUT2D eigenvalue weighted by molar-refractivity contribution is 5.71. The van der Waals surface area contributed by atoms with Crippen LogP contribution < -0.4 is 0 Å². The van der Waals surface area contributed by atoms with E-state index in [4.69, 9.17) is 14.2 Å². The number of hydrogen-bond donors (Lipinski definition) is 0. The number of hydrogen-bond acceptors (Lipinski definition) is 6. The van der Waals surface area contributed by atoms with Gasteiger partial charge >= 0.3 is 17.9 Å². The summed E-state index contributed by atoms with van der Waals surface area (Å²) in [5.74, 6) is -0.967. The highest BCUT2D eigenvalue weighted by Crippen LogP contribution is 2.14. The van der Waals surface area contributed by atoms with E-state index in [1.54, 1.807) is 0 Å². The fourth-order valence-corrected chi connectivity index (χ4v) is 7.48. The monoisotopic (exact) mass is 907 g/mol. The summed E-state index contributed by atoms with van der Waals surface area (Å²) >= 11 is 0. The zero-order valence-electron chi connectivity index (χ0n) is 42.7. The van der Waals surface area contributed by atoms with E-state index in [-0.39, 0.29) is 37.5 Å². The Kier molecular flexibility index (Phi) is 50.9. The van der Waals surface area contributed by atoms with Crippen LogP contribution in [0.3, 0.4) is 0 Å². The van der Waals surface area contributed by atoms with Gasteiger partial charge in [-0.3, -0.25) is 14.4 Å². The molecule has 6 heteroatoms. The normalized spacial score (nSPS) is 12.6. The Hall–Kier alpha value is -3.15. The molecule has 374 valence electrons. The molecule has 0 aliphatic carbocycles. The molecule has 0 amide bonds. The van der Waals surface area contributed by atoms with Gasteiger partial charge in [0.25, 0.3) is 0 Å². The highest BCUT2D eigenvalue weighted by atomic mass is 16.6. The van der Waals surface area contributed by atoms with Gasteiger partial charge in [0.05, 0.1) is 0 Å². The van der Waals surface area contributed by atoms with Crippen molar-refractivity contribution in [2.45, 2.75) is 271 Å². The summed E-state index contributed by atoms with van der Waals surface area (Å²) < 4.78 is 16.8. The first-order valence-electron chi connectivity index (χ1n) is 27.4. The van der Waals surface area contributed by atoms with Crippen LogP contribution in [-0.2, 0) is 28.6 Å². The molecule has 0 aromatic carbocycles. The van der Waals surface area contributed by atoms with Gasteiger partial charge in [-0.05, 0) is 109 Å². The minimum Gasteiger partial charge on any atom is -0.462 e. The number of esters is 3. The van der Waals surface area contributed by atoms with Crippen LogP contribution in [0.25, 0.3) is 0 Å². The summed E-state index contributed by atoms with van der Waals surface area (Å²) in [4.78, 5) is 38.0. The lowest BCUT2D eigenvalue weighted by Gasteiger charge is -2.18. The molecule has 0 aromatic rings. The van der Waals surface area contributed by atoms with Gasteiger partial charge in [0.15, 0.2) is 6.10 Å². The smallest absolute Gasteiger partial charge is 0.306 e. The Morgan fingerprint density at radius 1 is 0.308 bits per heavy atom. The molecule has 1 atom stereocenters. The third-order valence-electron chi connectivity index (χ3n) is 11.7. The molecule has 0 aromatic heterocycles. The first kappa shape index (κ1) is 61.9. The summed E-state index contributed by atoms with van der Waals surface area (Å²) in [5.41, 5.74) is 0. The molecule has 0 rings (SSSR count). The number of carbonyl (C=O) groups is 3. The number of allylic oxidation sites excluding steroid dienone is 12. The van der Waals surface area contributed by atoms with Gasteiger partial charge in [-0.15, -0.1) is 0 Å². The second-order valence-corrected chi connectivity index (χ2v) is 18.1. The van der Waals surface area contributed by atoms with Gasteiger partial charge < -0.3 is 14.2 Å². The Morgan fingerprint density at radius 3 is 0.969 bits per heavy atom. The van der Waals surface area contributed by atoms with Crippen LogP contribution in [0, 0.1) is 0 Å². The van der Waals surface area contributed by atoms with Crippen molar-refractivity contribution in [3.63, 3.8) is 0 Å². The first-order chi connectivity index (χ1) is 32.0. The predicted octanol–water partition coefficient (Wildman–Crippen LogP) is 18.2. The zero-order chi connectivity index (χ0) is 47.2. The Balaban J connectivity index is 4.47. The second-order valence-electron chi connectivity index (χ2n) is 18.1. The number of rotatable bonds is 49. The summed E-state index contributed by atoms with van der Waals surface area (Å²) in [5, 5.41) is 0. The molecule has 0 saturated carbocycles. The molecular weight excluding hydrogens is 805 g/mol. The summed E-state index contributed by atoms with van der Waals surface area (Å²) in [6.07, 6.45) is 67.5. The fourth-order valence-electron chi connectivity index (χ4n) is 7.48. The van der Waals surface area contributed by atoms with Crippen molar-refractivity contribution >= 4 is 17.9 Å². The van der Waals surface area contributed by atoms with E-state index in [1.807, 2.05) is 0 Å². The standard InChI is InChI=1S/C59H102O6/c1-4-7-10-13-16-19-22-25-27-29-31-34-37-40-43-46-49-52-58(61)64-55-56(54-63-57(60)51-48-45-42-39-36-33-24-21-18-15-12-9-6-3)65-59(62)53-50-47-44-41-38-35-32-30-28-26-23-20-17-14-11-8-5-2/h16,19,21,24-28,32,35,41,44,56H,4-15,17-18,20,22-23,29-31,33-34,36-40,42-43,45-55H2,1-3H3/b19-16-,24-21-,27-25-,28-26-,35-32-,44-41-/t56-/m0/s1. The molecule has 0 spiro atoms. The molecule has 0 fully saturated rings. The minimum atomic E-state index is -0.808. The van der Waals surface area contributed by atoms with Crippen molar-refractivity contribution < 1.29 is 28.6 Å². The van der Waals surface area contributed by atoms with E-state index < -0.39 is 6.10 Å². The number of carbonyl (C=O) groups excluding carboxylic acids is 3.